The maximum Gasteiger partial charge on any atom is 0.320 e. The third-order valence-electron chi connectivity index (χ3n) is 6.35. The van der Waals surface area contributed by atoms with Crippen LogP contribution in [0.5, 0.6) is 0 Å². The first kappa shape index (κ1) is 24.4. The van der Waals surface area contributed by atoms with Crippen LogP contribution in [-0.4, -0.2) is 61.9 Å². The Morgan fingerprint density at radius 3 is 2.84 bits per heavy atom. The summed E-state index contributed by atoms with van der Waals surface area (Å²) < 4.78 is 29.6. The second-order valence-corrected chi connectivity index (χ2v) is 11.3. The molecule has 0 aromatic heterocycles. The van der Waals surface area contributed by atoms with E-state index in [4.69, 9.17) is 0 Å². The van der Waals surface area contributed by atoms with Crippen molar-refractivity contribution in [2.75, 3.05) is 30.7 Å². The largest absolute Gasteiger partial charge is 0.480 e. The summed E-state index contributed by atoms with van der Waals surface area (Å²) in [5, 5.41) is 13.0. The Labute approximate surface area is 191 Å². The van der Waals surface area contributed by atoms with Gasteiger partial charge in [0.25, 0.3) is 0 Å². The van der Waals surface area contributed by atoms with Gasteiger partial charge in [0, 0.05) is 19.1 Å². The van der Waals surface area contributed by atoms with E-state index in [1.165, 1.54) is 0 Å². The molecule has 2 aliphatic rings. The standard InChI is InChI=1S/C22H35N3O4S2/c1-15-8-9-25(19(12-15)22(26)27)14-18(6-4-10-30)24-31(28,29)20-7-3-5-17-11-16(2)13-23-21(17)20/h3,5,7,15-16,18-19,23-24,30H,4,6,8-14H2,1-2H3,(H,26,27)/t15-,16?,18+,19-/m1/s1. The van der Waals surface area contributed by atoms with Gasteiger partial charge in [-0.05, 0) is 67.9 Å². The smallest absolute Gasteiger partial charge is 0.320 e. The topological polar surface area (TPSA) is 98.7 Å². The molecule has 1 aromatic carbocycles. The van der Waals surface area contributed by atoms with Crippen LogP contribution in [0.1, 0.15) is 45.1 Å². The number of carboxylic acid groups (broad SMARTS) is 1. The highest BCUT2D eigenvalue weighted by Gasteiger charge is 2.34. The molecule has 174 valence electrons. The van der Waals surface area contributed by atoms with E-state index in [0.29, 0.717) is 49.2 Å². The van der Waals surface area contributed by atoms with Crippen molar-refractivity contribution >= 4 is 34.3 Å². The van der Waals surface area contributed by atoms with Crippen LogP contribution in [0.4, 0.5) is 5.69 Å². The van der Waals surface area contributed by atoms with E-state index in [0.717, 1.165) is 31.4 Å². The van der Waals surface area contributed by atoms with E-state index in [1.807, 2.05) is 11.0 Å². The number of sulfonamides is 1. The lowest BCUT2D eigenvalue weighted by molar-refractivity contribution is -0.145. The molecule has 0 amide bonds. The van der Waals surface area contributed by atoms with Crippen LogP contribution in [0.3, 0.4) is 0 Å². The second-order valence-electron chi connectivity index (χ2n) is 9.14. The lowest BCUT2D eigenvalue weighted by Crippen LogP contribution is -2.52. The number of thiol groups is 1. The average Bonchev–Trinajstić information content (AvgIpc) is 2.72. The van der Waals surface area contributed by atoms with E-state index in [-0.39, 0.29) is 10.9 Å². The summed E-state index contributed by atoms with van der Waals surface area (Å²) in [6.45, 7) is 6.00. The number of para-hydroxylation sites is 1. The van der Waals surface area contributed by atoms with Crippen molar-refractivity contribution in [3.05, 3.63) is 23.8 Å². The van der Waals surface area contributed by atoms with Gasteiger partial charge in [-0.2, -0.15) is 12.6 Å². The number of fused-ring (bicyclic) bond motifs is 1. The van der Waals surface area contributed by atoms with Crippen molar-refractivity contribution in [3.63, 3.8) is 0 Å². The lowest BCUT2D eigenvalue weighted by Gasteiger charge is -2.38. The SMILES string of the molecule is CC1CNc2c(cccc2S(=O)(=O)N[C@@H](CCCS)CN2CC[C@@H](C)C[C@@H]2C(=O)O)C1. The molecule has 1 fully saturated rings. The van der Waals surface area contributed by atoms with Crippen molar-refractivity contribution in [2.24, 2.45) is 11.8 Å². The summed E-state index contributed by atoms with van der Waals surface area (Å²) in [6, 6.07) is 4.47. The van der Waals surface area contributed by atoms with Crippen LogP contribution in [0.25, 0.3) is 0 Å². The molecule has 0 bridgehead atoms. The van der Waals surface area contributed by atoms with E-state index in [9.17, 15) is 18.3 Å². The van der Waals surface area contributed by atoms with Crippen LogP contribution in [0.2, 0.25) is 0 Å². The van der Waals surface area contributed by atoms with Gasteiger partial charge in [0.15, 0.2) is 0 Å². The van der Waals surface area contributed by atoms with Gasteiger partial charge in [-0.25, -0.2) is 13.1 Å². The minimum absolute atomic E-state index is 0.273. The van der Waals surface area contributed by atoms with Gasteiger partial charge < -0.3 is 10.4 Å². The van der Waals surface area contributed by atoms with Gasteiger partial charge in [-0.15, -0.1) is 0 Å². The Morgan fingerprint density at radius 1 is 1.35 bits per heavy atom. The Balaban J connectivity index is 1.80. The molecular formula is C22H35N3O4S2. The predicted molar refractivity (Wildman–Crippen MR) is 126 cm³/mol. The molecule has 1 unspecified atom stereocenters. The van der Waals surface area contributed by atoms with Crippen LogP contribution in [-0.2, 0) is 21.2 Å². The first-order valence-electron chi connectivity index (χ1n) is 11.2. The van der Waals surface area contributed by atoms with Gasteiger partial charge in [0.05, 0.1) is 5.69 Å². The number of nitrogens with one attached hydrogen (secondary N) is 2. The summed E-state index contributed by atoms with van der Waals surface area (Å²) in [5.41, 5.74) is 1.71. The van der Waals surface area contributed by atoms with Gasteiger partial charge in [-0.3, -0.25) is 9.69 Å². The monoisotopic (exact) mass is 469 g/mol. The fraction of sp³-hybridized carbons (Fsp3) is 0.682. The number of rotatable bonds is 9. The van der Waals surface area contributed by atoms with Crippen molar-refractivity contribution in [2.45, 2.75) is 62.9 Å². The molecule has 0 aliphatic carbocycles. The normalized spacial score (nSPS) is 25.5. The molecule has 1 saturated heterocycles. The number of carboxylic acids is 1. The van der Waals surface area contributed by atoms with Crippen LogP contribution >= 0.6 is 12.6 Å². The molecule has 7 nitrogen and oxygen atoms in total. The maximum absolute atomic E-state index is 13.4. The fourth-order valence-electron chi connectivity index (χ4n) is 4.65. The number of anilines is 1. The molecule has 4 atom stereocenters. The predicted octanol–water partition coefficient (Wildman–Crippen LogP) is 2.83. The summed E-state index contributed by atoms with van der Waals surface area (Å²) in [7, 11) is -3.76. The Kier molecular flexibility index (Phi) is 8.29. The van der Waals surface area contributed by atoms with Gasteiger partial charge in [-0.1, -0.05) is 26.0 Å². The molecular weight excluding hydrogens is 434 g/mol. The van der Waals surface area contributed by atoms with Crippen LogP contribution in [0, 0.1) is 11.8 Å². The molecule has 0 radical (unpaired) electrons. The number of carbonyl (C=O) groups is 1. The molecule has 3 N–H and O–H groups in total. The van der Waals surface area contributed by atoms with Gasteiger partial charge >= 0.3 is 5.97 Å². The molecule has 2 heterocycles. The zero-order chi connectivity index (χ0) is 22.6. The summed E-state index contributed by atoms with van der Waals surface area (Å²) in [6.07, 6.45) is 3.72. The Bertz CT molecular complexity index is 878. The van der Waals surface area contributed by atoms with E-state index in [1.54, 1.807) is 12.1 Å². The average molecular weight is 470 g/mol. The van der Waals surface area contributed by atoms with Crippen molar-refractivity contribution in [1.29, 1.82) is 0 Å². The van der Waals surface area contributed by atoms with Crippen molar-refractivity contribution < 1.29 is 18.3 Å². The minimum atomic E-state index is -3.76. The van der Waals surface area contributed by atoms with Crippen LogP contribution < -0.4 is 10.0 Å². The summed E-state index contributed by atoms with van der Waals surface area (Å²) in [4.78, 5) is 14.0. The molecule has 2 aliphatic heterocycles. The van der Waals surface area contributed by atoms with E-state index in [2.05, 4.69) is 36.5 Å². The highest BCUT2D eigenvalue weighted by atomic mass is 32.2. The number of piperidine rings is 1. The summed E-state index contributed by atoms with van der Waals surface area (Å²) in [5.74, 6) is 0.626. The molecule has 31 heavy (non-hydrogen) atoms. The highest BCUT2D eigenvalue weighted by Crippen LogP contribution is 2.31. The van der Waals surface area contributed by atoms with Crippen molar-refractivity contribution in [1.82, 2.24) is 9.62 Å². The molecule has 1 aromatic rings. The minimum Gasteiger partial charge on any atom is -0.480 e. The number of hydrogen-bond donors (Lipinski definition) is 4. The molecule has 3 rings (SSSR count). The third-order valence-corrected chi connectivity index (χ3v) is 8.22. The zero-order valence-electron chi connectivity index (χ0n) is 18.4. The maximum atomic E-state index is 13.4. The number of likely N-dealkylation sites (tertiary alicyclic amines) is 1. The third kappa shape index (κ3) is 6.15. The van der Waals surface area contributed by atoms with E-state index < -0.39 is 22.0 Å². The fourth-order valence-corrected chi connectivity index (χ4v) is 6.32. The number of aliphatic carboxylic acids is 1. The second kappa shape index (κ2) is 10.6. The zero-order valence-corrected chi connectivity index (χ0v) is 20.1. The summed E-state index contributed by atoms with van der Waals surface area (Å²) >= 11 is 4.28. The van der Waals surface area contributed by atoms with Gasteiger partial charge in [0.1, 0.15) is 10.9 Å². The number of hydrogen-bond acceptors (Lipinski definition) is 6. The van der Waals surface area contributed by atoms with Crippen molar-refractivity contribution in [3.8, 4) is 0 Å². The Morgan fingerprint density at radius 2 is 2.13 bits per heavy atom. The molecule has 0 saturated carbocycles. The molecule has 0 spiro atoms. The van der Waals surface area contributed by atoms with E-state index >= 15 is 0 Å². The number of benzene rings is 1. The number of nitrogens with zero attached hydrogens (tertiary/aromatic N) is 1. The first-order valence-corrected chi connectivity index (χ1v) is 13.3. The quantitative estimate of drug-likeness (QED) is 0.415. The first-order chi connectivity index (χ1) is 14.7. The highest BCUT2D eigenvalue weighted by molar-refractivity contribution is 7.89. The van der Waals surface area contributed by atoms with Crippen LogP contribution in [0.15, 0.2) is 23.1 Å². The van der Waals surface area contributed by atoms with Gasteiger partial charge in [0.2, 0.25) is 10.0 Å². The molecule has 9 heteroatoms. The Hall–Kier alpha value is -1.29. The lowest BCUT2D eigenvalue weighted by atomic mass is 9.92.